The lowest BCUT2D eigenvalue weighted by Gasteiger charge is -2.42. The molecule has 4 nitrogen and oxygen atoms in total. The molecule has 142 valence electrons. The predicted molar refractivity (Wildman–Crippen MR) is 114 cm³/mol. The van der Waals surface area contributed by atoms with Crippen molar-refractivity contribution < 1.29 is 4.79 Å². The van der Waals surface area contributed by atoms with Gasteiger partial charge in [0, 0.05) is 23.0 Å². The number of hydrogen-bond acceptors (Lipinski definition) is 4. The first-order chi connectivity index (χ1) is 13.6. The zero-order valence-electron chi connectivity index (χ0n) is 15.6. The van der Waals surface area contributed by atoms with Gasteiger partial charge in [-0.3, -0.25) is 9.69 Å². The van der Waals surface area contributed by atoms with Crippen LogP contribution in [0, 0.1) is 11.3 Å². The average molecular weight is 410 g/mol. The summed E-state index contributed by atoms with van der Waals surface area (Å²) >= 11 is 7.54. The zero-order valence-corrected chi connectivity index (χ0v) is 17.1. The monoisotopic (exact) mass is 409 g/mol. The van der Waals surface area contributed by atoms with Crippen molar-refractivity contribution in [2.24, 2.45) is 0 Å². The standard InChI is InChI=1S/C22H20ClN3OS/c1-2-15-3-5-16(6-4-15)19-11-21(27)26-13-25(14-28-22(26)20(19)12-24)18-9-7-17(23)8-10-18/h3-10,19H,2,11,13-14H2,1H3. The van der Waals surface area contributed by atoms with E-state index in [1.165, 1.54) is 5.56 Å². The fourth-order valence-electron chi connectivity index (χ4n) is 3.65. The Kier molecular flexibility index (Phi) is 5.34. The second kappa shape index (κ2) is 7.90. The highest BCUT2D eigenvalue weighted by Gasteiger charge is 2.38. The van der Waals surface area contributed by atoms with E-state index in [-0.39, 0.29) is 11.8 Å². The van der Waals surface area contributed by atoms with Crippen LogP contribution in [0.25, 0.3) is 0 Å². The Hall–Kier alpha value is -2.42. The number of carbonyl (C=O) groups is 1. The first-order valence-electron chi connectivity index (χ1n) is 9.27. The van der Waals surface area contributed by atoms with Crippen LogP contribution >= 0.6 is 23.4 Å². The van der Waals surface area contributed by atoms with Gasteiger partial charge in [0.25, 0.3) is 0 Å². The molecule has 4 rings (SSSR count). The number of nitriles is 1. The lowest BCUT2D eigenvalue weighted by Crippen LogP contribution is -2.47. The molecule has 1 atom stereocenters. The number of benzene rings is 2. The van der Waals surface area contributed by atoms with E-state index in [9.17, 15) is 10.1 Å². The van der Waals surface area contributed by atoms with Gasteiger partial charge in [-0.2, -0.15) is 5.26 Å². The molecule has 1 unspecified atom stereocenters. The first kappa shape index (κ1) is 18.9. The van der Waals surface area contributed by atoms with E-state index in [1.54, 1.807) is 16.7 Å². The number of rotatable bonds is 3. The van der Waals surface area contributed by atoms with E-state index in [0.717, 1.165) is 22.7 Å². The molecule has 0 radical (unpaired) electrons. The van der Waals surface area contributed by atoms with Crippen LogP contribution in [0.4, 0.5) is 5.69 Å². The van der Waals surface area contributed by atoms with Crippen LogP contribution in [0.1, 0.15) is 30.4 Å². The molecule has 2 heterocycles. The maximum atomic E-state index is 12.9. The van der Waals surface area contributed by atoms with Crippen LogP contribution in [0.3, 0.4) is 0 Å². The fourth-order valence-corrected chi connectivity index (χ4v) is 4.94. The van der Waals surface area contributed by atoms with Crippen molar-refractivity contribution >= 4 is 35.0 Å². The molecule has 2 aliphatic heterocycles. The van der Waals surface area contributed by atoms with Gasteiger partial charge in [-0.05, 0) is 41.8 Å². The quantitative estimate of drug-likeness (QED) is 0.705. The van der Waals surface area contributed by atoms with E-state index in [2.05, 4.69) is 42.2 Å². The summed E-state index contributed by atoms with van der Waals surface area (Å²) in [6.45, 7) is 2.57. The van der Waals surface area contributed by atoms with Gasteiger partial charge >= 0.3 is 0 Å². The number of thioether (sulfide) groups is 1. The van der Waals surface area contributed by atoms with Gasteiger partial charge in [-0.25, -0.2) is 0 Å². The minimum Gasteiger partial charge on any atom is -0.344 e. The molecule has 0 spiro atoms. The number of anilines is 1. The van der Waals surface area contributed by atoms with Crippen LogP contribution < -0.4 is 4.90 Å². The summed E-state index contributed by atoms with van der Waals surface area (Å²) in [6.07, 6.45) is 1.30. The van der Waals surface area contributed by atoms with Crippen LogP contribution in [0.15, 0.2) is 59.1 Å². The number of carbonyl (C=O) groups excluding carboxylic acids is 1. The van der Waals surface area contributed by atoms with Crippen LogP contribution in [0.2, 0.25) is 5.02 Å². The van der Waals surface area contributed by atoms with Crippen molar-refractivity contribution in [3.63, 3.8) is 0 Å². The van der Waals surface area contributed by atoms with Gasteiger partial charge in [0.2, 0.25) is 5.91 Å². The zero-order chi connectivity index (χ0) is 19.7. The van der Waals surface area contributed by atoms with Crippen molar-refractivity contribution in [3.8, 4) is 6.07 Å². The number of allylic oxidation sites excluding steroid dienone is 1. The Labute approximate surface area is 174 Å². The SMILES string of the molecule is CCc1ccc(C2CC(=O)N3CN(c4ccc(Cl)cc4)CSC3=C2C#N)cc1. The Morgan fingerprint density at radius 2 is 1.89 bits per heavy atom. The van der Waals surface area contributed by atoms with Gasteiger partial charge in [-0.15, -0.1) is 0 Å². The molecule has 1 amide bonds. The third-order valence-corrected chi connectivity index (χ3v) is 6.68. The fraction of sp³-hybridized carbons (Fsp3) is 0.273. The largest absolute Gasteiger partial charge is 0.344 e. The molecule has 6 heteroatoms. The molecule has 2 aromatic rings. The number of nitrogens with zero attached hydrogens (tertiary/aromatic N) is 3. The summed E-state index contributed by atoms with van der Waals surface area (Å²) < 4.78 is 0. The highest BCUT2D eigenvalue weighted by molar-refractivity contribution is 8.03. The molecular weight excluding hydrogens is 390 g/mol. The molecule has 0 saturated carbocycles. The first-order valence-corrected chi connectivity index (χ1v) is 10.6. The Bertz CT molecular complexity index is 963. The van der Waals surface area contributed by atoms with Crippen LogP contribution in [0.5, 0.6) is 0 Å². The van der Waals surface area contributed by atoms with Gasteiger partial charge in [0.15, 0.2) is 0 Å². The smallest absolute Gasteiger partial charge is 0.229 e. The molecule has 1 fully saturated rings. The molecule has 0 aliphatic carbocycles. The number of halogens is 1. The molecule has 0 bridgehead atoms. The highest BCUT2D eigenvalue weighted by Crippen LogP contribution is 2.43. The maximum absolute atomic E-state index is 12.9. The van der Waals surface area contributed by atoms with Gasteiger partial charge in [-0.1, -0.05) is 54.6 Å². The third-order valence-electron chi connectivity index (χ3n) is 5.28. The summed E-state index contributed by atoms with van der Waals surface area (Å²) in [4.78, 5) is 16.8. The molecule has 2 aromatic carbocycles. The predicted octanol–water partition coefficient (Wildman–Crippen LogP) is 5.12. The second-order valence-corrected chi connectivity index (χ2v) is 8.31. The molecule has 2 aliphatic rings. The van der Waals surface area contributed by atoms with Crippen molar-refractivity contribution in [2.45, 2.75) is 25.7 Å². The van der Waals surface area contributed by atoms with Crippen molar-refractivity contribution in [1.82, 2.24) is 4.90 Å². The number of aryl methyl sites for hydroxylation is 1. The number of amides is 1. The van der Waals surface area contributed by atoms with E-state index < -0.39 is 0 Å². The van der Waals surface area contributed by atoms with E-state index in [0.29, 0.717) is 29.6 Å². The lowest BCUT2D eigenvalue weighted by atomic mass is 9.86. The van der Waals surface area contributed by atoms with E-state index in [1.807, 2.05) is 24.3 Å². The van der Waals surface area contributed by atoms with Crippen LogP contribution in [-0.4, -0.2) is 23.4 Å². The Balaban J connectivity index is 1.63. The molecule has 1 saturated heterocycles. The summed E-state index contributed by atoms with van der Waals surface area (Å²) in [5.41, 5.74) is 4.00. The van der Waals surface area contributed by atoms with Gasteiger partial charge < -0.3 is 4.90 Å². The molecule has 0 aromatic heterocycles. The Morgan fingerprint density at radius 3 is 2.54 bits per heavy atom. The summed E-state index contributed by atoms with van der Waals surface area (Å²) in [5.74, 6) is 0.585. The summed E-state index contributed by atoms with van der Waals surface area (Å²) in [5, 5.41) is 11.4. The molecule has 28 heavy (non-hydrogen) atoms. The minimum absolute atomic E-state index is 0.0599. The van der Waals surface area contributed by atoms with E-state index in [4.69, 9.17) is 11.6 Å². The van der Waals surface area contributed by atoms with Crippen molar-refractivity contribution in [3.05, 3.63) is 75.3 Å². The minimum atomic E-state index is -0.163. The van der Waals surface area contributed by atoms with Crippen molar-refractivity contribution in [1.29, 1.82) is 5.26 Å². The topological polar surface area (TPSA) is 47.3 Å². The van der Waals surface area contributed by atoms with Gasteiger partial charge in [0.05, 0.1) is 29.2 Å². The second-order valence-electron chi connectivity index (χ2n) is 6.94. The van der Waals surface area contributed by atoms with Gasteiger partial charge in [0.1, 0.15) is 0 Å². The summed E-state index contributed by atoms with van der Waals surface area (Å²) in [7, 11) is 0. The number of fused-ring (bicyclic) bond motifs is 1. The third kappa shape index (κ3) is 3.50. The molecular formula is C22H20ClN3OS. The van der Waals surface area contributed by atoms with Crippen molar-refractivity contribution in [2.75, 3.05) is 17.4 Å². The number of hydrogen-bond donors (Lipinski definition) is 0. The molecule has 0 N–H and O–H groups in total. The normalized spacial score (nSPS) is 19.5. The maximum Gasteiger partial charge on any atom is 0.229 e. The highest BCUT2D eigenvalue weighted by atomic mass is 35.5. The Morgan fingerprint density at radius 1 is 1.18 bits per heavy atom. The van der Waals surface area contributed by atoms with Crippen LogP contribution in [-0.2, 0) is 11.2 Å². The summed E-state index contributed by atoms with van der Waals surface area (Å²) in [6, 6.07) is 18.3. The van der Waals surface area contributed by atoms with E-state index >= 15 is 0 Å². The average Bonchev–Trinajstić information content (AvgIpc) is 2.74. The lowest BCUT2D eigenvalue weighted by molar-refractivity contribution is -0.129.